The van der Waals surface area contributed by atoms with Crippen molar-refractivity contribution in [3.63, 3.8) is 0 Å². The molecule has 0 bridgehead atoms. The summed E-state index contributed by atoms with van der Waals surface area (Å²) in [4.78, 5) is 15.8. The molecule has 19 heavy (non-hydrogen) atoms. The monoisotopic (exact) mass is 261 g/mol. The number of ether oxygens (including phenoxy) is 1. The van der Waals surface area contributed by atoms with Crippen LogP contribution in [0.25, 0.3) is 4.85 Å². The Balaban J connectivity index is 2.50. The van der Waals surface area contributed by atoms with E-state index in [-0.39, 0.29) is 16.8 Å². The number of nitrogens with zero attached hydrogens (tertiary/aromatic N) is 1. The number of allylic oxidation sites excluding steroid dienone is 2. The molecule has 0 aromatic heterocycles. The van der Waals surface area contributed by atoms with Gasteiger partial charge in [-0.15, -0.1) is 0 Å². The number of ketones is 1. The molecular weight excluding hydrogens is 238 g/mol. The third-order valence-corrected chi connectivity index (χ3v) is 5.28. The van der Waals surface area contributed by atoms with Gasteiger partial charge < -0.3 is 9.53 Å². The Morgan fingerprint density at radius 3 is 2.53 bits per heavy atom. The molecule has 1 saturated carbocycles. The minimum absolute atomic E-state index is 0.00555. The first kappa shape index (κ1) is 14.3. The van der Waals surface area contributed by atoms with Crippen LogP contribution in [0.1, 0.15) is 47.0 Å². The Bertz CT molecular complexity index is 485. The number of carbonyl (C=O) groups is 1. The smallest absolute Gasteiger partial charge is 0.226 e. The fourth-order valence-corrected chi connectivity index (χ4v) is 4.26. The summed E-state index contributed by atoms with van der Waals surface area (Å²) in [6.45, 7) is 15.5. The lowest BCUT2D eigenvalue weighted by Crippen LogP contribution is -2.53. The molecule has 0 aromatic rings. The van der Waals surface area contributed by atoms with Gasteiger partial charge in [-0.25, -0.2) is 4.85 Å². The van der Waals surface area contributed by atoms with Crippen LogP contribution in [-0.2, 0) is 9.53 Å². The van der Waals surface area contributed by atoms with Crippen molar-refractivity contribution in [1.82, 2.24) is 0 Å². The van der Waals surface area contributed by atoms with Gasteiger partial charge in [-0.3, -0.25) is 0 Å². The summed E-state index contributed by atoms with van der Waals surface area (Å²) in [7, 11) is 1.75. The maximum Gasteiger partial charge on any atom is 0.226 e. The molecule has 2 aliphatic carbocycles. The molecule has 0 amide bonds. The largest absolute Gasteiger partial charge is 0.378 e. The van der Waals surface area contributed by atoms with Crippen molar-refractivity contribution in [2.45, 2.75) is 52.6 Å². The fourth-order valence-electron chi connectivity index (χ4n) is 4.26. The molecule has 0 saturated heterocycles. The van der Waals surface area contributed by atoms with Crippen molar-refractivity contribution in [2.24, 2.45) is 16.7 Å². The molecule has 0 unspecified atom stereocenters. The first-order valence-corrected chi connectivity index (χ1v) is 6.89. The van der Waals surface area contributed by atoms with Crippen LogP contribution >= 0.6 is 0 Å². The molecule has 0 aliphatic heterocycles. The van der Waals surface area contributed by atoms with E-state index in [0.717, 1.165) is 19.3 Å². The van der Waals surface area contributed by atoms with Crippen LogP contribution in [0.15, 0.2) is 11.8 Å². The lowest BCUT2D eigenvalue weighted by molar-refractivity contribution is -0.139. The quantitative estimate of drug-likeness (QED) is 0.675. The number of Topliss-reactive ketones (excluding diaryl/α,β-unsaturated/α-hetero) is 1. The molecule has 2 rings (SSSR count). The highest BCUT2D eigenvalue weighted by Crippen LogP contribution is 2.57. The van der Waals surface area contributed by atoms with Crippen LogP contribution in [0.3, 0.4) is 0 Å². The highest BCUT2D eigenvalue weighted by molar-refractivity contribution is 6.02. The second-order valence-electron chi connectivity index (χ2n) is 7.12. The van der Waals surface area contributed by atoms with Crippen molar-refractivity contribution in [3.05, 3.63) is 23.2 Å². The van der Waals surface area contributed by atoms with E-state index in [0.29, 0.717) is 11.6 Å². The molecule has 2 aliphatic rings. The Morgan fingerprint density at radius 2 is 2.00 bits per heavy atom. The van der Waals surface area contributed by atoms with Crippen molar-refractivity contribution in [1.29, 1.82) is 0 Å². The Kier molecular flexibility index (Phi) is 3.14. The molecular formula is C16H23NO2. The van der Waals surface area contributed by atoms with Crippen molar-refractivity contribution < 1.29 is 9.53 Å². The molecule has 104 valence electrons. The van der Waals surface area contributed by atoms with Gasteiger partial charge in [0.1, 0.15) is 0 Å². The van der Waals surface area contributed by atoms with Crippen LogP contribution in [0.2, 0.25) is 0 Å². The molecule has 0 radical (unpaired) electrons. The number of rotatable bonds is 1. The fraction of sp³-hybridized carbons (Fsp3) is 0.750. The molecule has 3 atom stereocenters. The average Bonchev–Trinajstić information content (AvgIpc) is 2.33. The van der Waals surface area contributed by atoms with Crippen LogP contribution < -0.4 is 0 Å². The van der Waals surface area contributed by atoms with E-state index in [2.05, 4.69) is 18.7 Å². The number of hydrogen-bond donors (Lipinski definition) is 0. The predicted octanol–water partition coefficient (Wildman–Crippen LogP) is 3.61. The number of carbonyl (C=O) groups excluding carboxylic acids is 1. The average molecular weight is 261 g/mol. The standard InChI is InChI=1S/C16H23NO2/c1-14(2)12-7-8-16(4,19-6)10-15(12,3)9-11(17-5)13(14)18/h9,12H,7-8,10H2,1-4,6H3/t12-,15+,16+/m1/s1. The van der Waals surface area contributed by atoms with E-state index >= 15 is 0 Å². The normalized spacial score (nSPS) is 41.2. The zero-order valence-corrected chi connectivity index (χ0v) is 12.5. The second kappa shape index (κ2) is 4.18. The molecule has 1 fully saturated rings. The number of fused-ring (bicyclic) bond motifs is 1. The van der Waals surface area contributed by atoms with Gasteiger partial charge in [0, 0.05) is 12.5 Å². The van der Waals surface area contributed by atoms with Gasteiger partial charge in [0.15, 0.2) is 5.78 Å². The van der Waals surface area contributed by atoms with Crippen LogP contribution in [0.5, 0.6) is 0 Å². The molecule has 0 spiro atoms. The zero-order chi connectivity index (χ0) is 14.5. The van der Waals surface area contributed by atoms with Gasteiger partial charge in [-0.05, 0) is 37.5 Å². The highest BCUT2D eigenvalue weighted by Gasteiger charge is 2.55. The molecule has 0 heterocycles. The Labute approximate surface area is 115 Å². The van der Waals surface area contributed by atoms with E-state index in [9.17, 15) is 4.79 Å². The predicted molar refractivity (Wildman–Crippen MR) is 74.3 cm³/mol. The summed E-state index contributed by atoms with van der Waals surface area (Å²) in [5, 5.41) is 0. The number of hydrogen-bond acceptors (Lipinski definition) is 2. The van der Waals surface area contributed by atoms with Gasteiger partial charge in [0.05, 0.1) is 12.2 Å². The molecule has 3 nitrogen and oxygen atoms in total. The summed E-state index contributed by atoms with van der Waals surface area (Å²) in [5.41, 5.74) is -0.409. The lowest BCUT2D eigenvalue weighted by Gasteiger charge is -2.55. The second-order valence-corrected chi connectivity index (χ2v) is 7.12. The molecule has 0 aromatic carbocycles. The summed E-state index contributed by atoms with van der Waals surface area (Å²) in [6.07, 6.45) is 4.73. The first-order valence-electron chi connectivity index (χ1n) is 6.89. The summed E-state index contributed by atoms with van der Waals surface area (Å²) in [6, 6.07) is 0. The summed E-state index contributed by atoms with van der Waals surface area (Å²) < 4.78 is 5.67. The zero-order valence-electron chi connectivity index (χ0n) is 12.5. The minimum Gasteiger partial charge on any atom is -0.378 e. The van der Waals surface area contributed by atoms with Crippen LogP contribution in [-0.4, -0.2) is 18.5 Å². The summed E-state index contributed by atoms with van der Waals surface area (Å²) in [5.74, 6) is 0.298. The van der Waals surface area contributed by atoms with E-state index in [1.807, 2.05) is 19.9 Å². The first-order chi connectivity index (χ1) is 8.68. The SMILES string of the molecule is [C-]#[N+]C1=C[C@@]2(C)C[C@@](C)(OC)CC[C@@H]2C(C)(C)C1=O. The highest BCUT2D eigenvalue weighted by atomic mass is 16.5. The minimum atomic E-state index is -0.446. The topological polar surface area (TPSA) is 30.7 Å². The van der Waals surface area contributed by atoms with E-state index < -0.39 is 5.41 Å². The van der Waals surface area contributed by atoms with E-state index in [4.69, 9.17) is 11.3 Å². The van der Waals surface area contributed by atoms with Crippen molar-refractivity contribution >= 4 is 5.78 Å². The molecule has 3 heteroatoms. The van der Waals surface area contributed by atoms with Crippen LogP contribution in [0, 0.1) is 23.3 Å². The van der Waals surface area contributed by atoms with E-state index in [1.165, 1.54) is 0 Å². The Hall–Kier alpha value is -1.14. The van der Waals surface area contributed by atoms with Crippen molar-refractivity contribution in [2.75, 3.05) is 7.11 Å². The molecule has 0 N–H and O–H groups in total. The lowest BCUT2D eigenvalue weighted by atomic mass is 9.51. The maximum absolute atomic E-state index is 12.4. The third kappa shape index (κ3) is 2.03. The van der Waals surface area contributed by atoms with Gasteiger partial charge in [-0.1, -0.05) is 26.8 Å². The van der Waals surface area contributed by atoms with Gasteiger partial charge in [0.2, 0.25) is 5.70 Å². The van der Waals surface area contributed by atoms with Crippen molar-refractivity contribution in [3.8, 4) is 0 Å². The Morgan fingerprint density at radius 1 is 1.37 bits per heavy atom. The number of methoxy groups -OCH3 is 1. The van der Waals surface area contributed by atoms with Gasteiger partial charge >= 0.3 is 0 Å². The van der Waals surface area contributed by atoms with Gasteiger partial charge in [-0.2, -0.15) is 0 Å². The van der Waals surface area contributed by atoms with Crippen LogP contribution in [0.4, 0.5) is 0 Å². The van der Waals surface area contributed by atoms with Gasteiger partial charge in [0.25, 0.3) is 0 Å². The van der Waals surface area contributed by atoms with E-state index in [1.54, 1.807) is 7.11 Å². The third-order valence-electron chi connectivity index (χ3n) is 5.28. The maximum atomic E-state index is 12.4. The summed E-state index contributed by atoms with van der Waals surface area (Å²) >= 11 is 0.